The Balaban J connectivity index is 1.81. The number of amides is 1. The Morgan fingerprint density at radius 1 is 1.14 bits per heavy atom. The van der Waals surface area contributed by atoms with E-state index in [0.29, 0.717) is 32.1 Å². The highest BCUT2D eigenvalue weighted by Crippen LogP contribution is 2.23. The fourth-order valence-electron chi connectivity index (χ4n) is 2.96. The molecule has 0 saturated carbocycles. The number of carbonyl (C=O) groups is 1. The molecule has 2 heterocycles. The highest BCUT2D eigenvalue weighted by atomic mass is 32.2. The van der Waals surface area contributed by atoms with Crippen molar-refractivity contribution in [2.24, 2.45) is 5.92 Å². The number of hydrogen-bond donors (Lipinski definition) is 0. The Morgan fingerprint density at radius 2 is 1.77 bits per heavy atom. The van der Waals surface area contributed by atoms with Gasteiger partial charge in [0, 0.05) is 26.2 Å². The van der Waals surface area contributed by atoms with E-state index >= 15 is 0 Å². The number of ether oxygens (including phenoxy) is 1. The van der Waals surface area contributed by atoms with Gasteiger partial charge in [0.05, 0.1) is 5.75 Å². The highest BCUT2D eigenvalue weighted by molar-refractivity contribution is 7.89. The molecule has 0 atom stereocenters. The molecule has 6 nitrogen and oxygen atoms in total. The summed E-state index contributed by atoms with van der Waals surface area (Å²) in [6, 6.07) is 0. The Labute approximate surface area is 133 Å². The molecule has 0 aromatic heterocycles. The van der Waals surface area contributed by atoms with E-state index in [1.807, 2.05) is 20.8 Å². The van der Waals surface area contributed by atoms with Gasteiger partial charge >= 0.3 is 6.09 Å². The third kappa shape index (κ3) is 4.84. The normalized spacial score (nSPS) is 24.2. The van der Waals surface area contributed by atoms with E-state index in [-0.39, 0.29) is 11.8 Å². The van der Waals surface area contributed by atoms with Crippen LogP contribution in [0.5, 0.6) is 0 Å². The molecule has 2 rings (SSSR count). The van der Waals surface area contributed by atoms with Crippen LogP contribution in [-0.2, 0) is 14.8 Å². The van der Waals surface area contributed by atoms with Crippen LogP contribution in [0.15, 0.2) is 0 Å². The molecule has 0 radical (unpaired) electrons. The molecule has 128 valence electrons. The fourth-order valence-corrected chi connectivity index (χ4v) is 4.63. The van der Waals surface area contributed by atoms with Crippen molar-refractivity contribution in [1.29, 1.82) is 0 Å². The summed E-state index contributed by atoms with van der Waals surface area (Å²) in [6.45, 7) is 8.12. The summed E-state index contributed by atoms with van der Waals surface area (Å²) >= 11 is 0. The third-order valence-electron chi connectivity index (χ3n) is 4.18. The summed E-state index contributed by atoms with van der Waals surface area (Å²) in [5.41, 5.74) is -0.476. The second kappa shape index (κ2) is 6.74. The summed E-state index contributed by atoms with van der Waals surface area (Å²) in [5.74, 6) is 0.621. The molecule has 2 aliphatic rings. The molecule has 2 saturated heterocycles. The summed E-state index contributed by atoms with van der Waals surface area (Å²) in [6.07, 6.45) is 3.14. The van der Waals surface area contributed by atoms with E-state index in [1.165, 1.54) is 0 Å². The molecule has 0 aromatic rings. The Bertz CT molecular complexity index is 490. The number of carbonyl (C=O) groups excluding carboxylic acids is 1. The Kier molecular flexibility index (Phi) is 5.37. The summed E-state index contributed by atoms with van der Waals surface area (Å²) in [7, 11) is -3.05. The molecule has 7 heteroatoms. The van der Waals surface area contributed by atoms with Gasteiger partial charge in [-0.25, -0.2) is 17.5 Å². The molecule has 2 aliphatic heterocycles. The molecule has 1 amide bonds. The van der Waals surface area contributed by atoms with Crippen LogP contribution >= 0.6 is 0 Å². The second-order valence-corrected chi connectivity index (χ2v) is 9.38. The lowest BCUT2D eigenvalue weighted by Gasteiger charge is -2.36. The minimum Gasteiger partial charge on any atom is -0.444 e. The largest absolute Gasteiger partial charge is 0.444 e. The number of sulfonamides is 1. The van der Waals surface area contributed by atoms with Crippen molar-refractivity contribution in [3.8, 4) is 0 Å². The van der Waals surface area contributed by atoms with Crippen LogP contribution in [0.2, 0.25) is 0 Å². The molecule has 0 aliphatic carbocycles. The zero-order valence-electron chi connectivity index (χ0n) is 13.9. The van der Waals surface area contributed by atoms with Crippen molar-refractivity contribution >= 4 is 16.1 Å². The van der Waals surface area contributed by atoms with Crippen molar-refractivity contribution in [2.45, 2.75) is 52.1 Å². The van der Waals surface area contributed by atoms with Crippen molar-refractivity contribution < 1.29 is 17.9 Å². The summed E-state index contributed by atoms with van der Waals surface area (Å²) in [5, 5.41) is 0. The molecule has 0 unspecified atom stereocenters. The Morgan fingerprint density at radius 3 is 2.32 bits per heavy atom. The van der Waals surface area contributed by atoms with Crippen LogP contribution in [0.4, 0.5) is 4.79 Å². The Hall–Kier alpha value is -0.820. The van der Waals surface area contributed by atoms with Crippen molar-refractivity contribution in [3.05, 3.63) is 0 Å². The van der Waals surface area contributed by atoms with Crippen LogP contribution < -0.4 is 0 Å². The van der Waals surface area contributed by atoms with Gasteiger partial charge in [0.2, 0.25) is 10.0 Å². The maximum atomic E-state index is 12.0. The molecule has 2 fully saturated rings. The number of piperidine rings is 1. The average Bonchev–Trinajstić information content (AvgIpc) is 2.40. The lowest BCUT2D eigenvalue weighted by atomic mass is 9.97. The minimum absolute atomic E-state index is 0.267. The van der Waals surface area contributed by atoms with Crippen LogP contribution in [0.1, 0.15) is 46.5 Å². The van der Waals surface area contributed by atoms with Crippen molar-refractivity contribution in [3.63, 3.8) is 0 Å². The van der Waals surface area contributed by atoms with Gasteiger partial charge in [0.25, 0.3) is 0 Å². The molecular formula is C15H28N2O4S. The molecule has 0 N–H and O–H groups in total. The maximum Gasteiger partial charge on any atom is 0.410 e. The van der Waals surface area contributed by atoms with Gasteiger partial charge in [-0.05, 0) is 52.4 Å². The van der Waals surface area contributed by atoms with Crippen LogP contribution in [0, 0.1) is 5.92 Å². The van der Waals surface area contributed by atoms with E-state index in [2.05, 4.69) is 0 Å². The van der Waals surface area contributed by atoms with Gasteiger partial charge in [0.15, 0.2) is 0 Å². The van der Waals surface area contributed by atoms with Gasteiger partial charge in [-0.15, -0.1) is 0 Å². The molecular weight excluding hydrogens is 304 g/mol. The average molecular weight is 332 g/mol. The minimum atomic E-state index is -3.05. The zero-order chi connectivity index (χ0) is 16.4. The van der Waals surface area contributed by atoms with Crippen LogP contribution in [0.3, 0.4) is 0 Å². The van der Waals surface area contributed by atoms with Gasteiger partial charge in [-0.3, -0.25) is 0 Å². The first-order chi connectivity index (χ1) is 10.2. The van der Waals surface area contributed by atoms with Gasteiger partial charge in [0.1, 0.15) is 5.60 Å². The first-order valence-electron chi connectivity index (χ1n) is 8.13. The van der Waals surface area contributed by atoms with E-state index in [4.69, 9.17) is 4.74 Å². The lowest BCUT2D eigenvalue weighted by Crippen LogP contribution is -2.46. The van der Waals surface area contributed by atoms with Gasteiger partial charge in [-0.2, -0.15) is 0 Å². The van der Waals surface area contributed by atoms with Gasteiger partial charge < -0.3 is 9.64 Å². The first-order valence-corrected chi connectivity index (χ1v) is 9.74. The lowest BCUT2D eigenvalue weighted by molar-refractivity contribution is 0.0177. The van der Waals surface area contributed by atoms with Crippen LogP contribution in [-0.4, -0.2) is 61.2 Å². The van der Waals surface area contributed by atoms with E-state index < -0.39 is 15.6 Å². The fraction of sp³-hybridized carbons (Fsp3) is 0.933. The number of likely N-dealkylation sites (tertiary alicyclic amines) is 1. The van der Waals surface area contributed by atoms with Crippen molar-refractivity contribution in [2.75, 3.05) is 31.9 Å². The van der Waals surface area contributed by atoms with Gasteiger partial charge in [-0.1, -0.05) is 0 Å². The second-order valence-electron chi connectivity index (χ2n) is 7.29. The van der Waals surface area contributed by atoms with Crippen LogP contribution in [0.25, 0.3) is 0 Å². The van der Waals surface area contributed by atoms with Crippen molar-refractivity contribution in [1.82, 2.24) is 9.21 Å². The molecule has 0 spiro atoms. The third-order valence-corrected chi connectivity index (χ3v) is 6.10. The van der Waals surface area contributed by atoms with E-state index in [1.54, 1.807) is 9.21 Å². The summed E-state index contributed by atoms with van der Waals surface area (Å²) < 4.78 is 31.1. The smallest absolute Gasteiger partial charge is 0.410 e. The highest BCUT2D eigenvalue weighted by Gasteiger charge is 2.31. The standard InChI is InChI=1S/C15H28N2O4S/c1-15(2,3)21-14(18)16-9-6-13(7-10-16)12-17-8-4-5-11-22(17,19)20/h13H,4-12H2,1-3H3. The maximum absolute atomic E-state index is 12.0. The SMILES string of the molecule is CC(C)(C)OC(=O)N1CCC(CN2CCCCS2(=O)=O)CC1. The predicted octanol–water partition coefficient (Wildman–Crippen LogP) is 2.06. The quantitative estimate of drug-likeness (QED) is 0.776. The first kappa shape index (κ1) is 17.5. The zero-order valence-corrected chi connectivity index (χ0v) is 14.7. The molecule has 22 heavy (non-hydrogen) atoms. The van der Waals surface area contributed by atoms with E-state index in [0.717, 1.165) is 25.7 Å². The number of rotatable bonds is 2. The number of hydrogen-bond acceptors (Lipinski definition) is 4. The predicted molar refractivity (Wildman–Crippen MR) is 85.1 cm³/mol. The molecule has 0 bridgehead atoms. The molecule has 0 aromatic carbocycles. The van der Waals surface area contributed by atoms with E-state index in [9.17, 15) is 13.2 Å². The number of nitrogens with zero attached hydrogens (tertiary/aromatic N) is 2. The summed E-state index contributed by atoms with van der Waals surface area (Å²) in [4.78, 5) is 13.7. The monoisotopic (exact) mass is 332 g/mol. The topological polar surface area (TPSA) is 66.9 Å².